The molecule has 0 bridgehead atoms. The zero-order valence-electron chi connectivity index (χ0n) is 9.52. The number of rotatable bonds is 4. The zero-order valence-corrected chi connectivity index (χ0v) is 10.3. The minimum Gasteiger partial charge on any atom is -0.478 e. The average Bonchev–Trinajstić information content (AvgIpc) is 2.39. The number of carboxylic acids is 1. The Bertz CT molecular complexity index is 590. The summed E-state index contributed by atoms with van der Waals surface area (Å²) < 4.78 is 0. The average molecular weight is 276 g/mol. The summed E-state index contributed by atoms with van der Waals surface area (Å²) in [5.41, 5.74) is -0.0358. The molecule has 6 nitrogen and oxygen atoms in total. The van der Waals surface area contributed by atoms with E-state index < -0.39 is 10.9 Å². The Labute approximate surface area is 112 Å². The van der Waals surface area contributed by atoms with Gasteiger partial charge in [-0.3, -0.25) is 15.1 Å². The molecule has 2 aromatic rings. The Morgan fingerprint density at radius 2 is 2.00 bits per heavy atom. The molecule has 0 atom stereocenters. The van der Waals surface area contributed by atoms with Crippen molar-refractivity contribution in [3.63, 3.8) is 0 Å². The first kappa shape index (κ1) is 13.0. The topological polar surface area (TPSA) is 93.3 Å². The molecule has 7 heteroatoms. The molecular formula is C12H8N2O4S. The van der Waals surface area contributed by atoms with Crippen LogP contribution in [0, 0.1) is 10.1 Å². The lowest BCUT2D eigenvalue weighted by Gasteiger charge is -2.05. The third kappa shape index (κ3) is 2.89. The molecule has 0 spiro atoms. The Kier molecular flexibility index (Phi) is 3.76. The summed E-state index contributed by atoms with van der Waals surface area (Å²) in [5.74, 6) is -1.07. The van der Waals surface area contributed by atoms with Crippen LogP contribution in [0.4, 0.5) is 5.69 Å². The van der Waals surface area contributed by atoms with Crippen LogP contribution >= 0.6 is 11.8 Å². The van der Waals surface area contributed by atoms with Gasteiger partial charge in [0.2, 0.25) is 0 Å². The van der Waals surface area contributed by atoms with Gasteiger partial charge in [-0.25, -0.2) is 4.79 Å². The molecule has 19 heavy (non-hydrogen) atoms. The van der Waals surface area contributed by atoms with Gasteiger partial charge in [-0.1, -0.05) is 23.9 Å². The molecule has 0 radical (unpaired) electrons. The van der Waals surface area contributed by atoms with Crippen LogP contribution in [0.15, 0.2) is 52.5 Å². The lowest BCUT2D eigenvalue weighted by atomic mass is 10.2. The highest BCUT2D eigenvalue weighted by molar-refractivity contribution is 7.99. The van der Waals surface area contributed by atoms with Crippen molar-refractivity contribution in [3.8, 4) is 0 Å². The lowest BCUT2D eigenvalue weighted by molar-refractivity contribution is -0.388. The summed E-state index contributed by atoms with van der Waals surface area (Å²) in [6.07, 6.45) is 2.57. The van der Waals surface area contributed by atoms with E-state index in [-0.39, 0.29) is 11.3 Å². The predicted molar refractivity (Wildman–Crippen MR) is 68.4 cm³/mol. The number of aromatic nitrogens is 1. The molecule has 0 aliphatic heterocycles. The number of carboxylic acid groups (broad SMARTS) is 1. The van der Waals surface area contributed by atoms with E-state index in [0.717, 1.165) is 18.0 Å². The second-order valence-corrected chi connectivity index (χ2v) is 4.59. The molecule has 0 amide bonds. The molecule has 1 N–H and O–H groups in total. The largest absolute Gasteiger partial charge is 0.478 e. The molecule has 0 fully saturated rings. The summed E-state index contributed by atoms with van der Waals surface area (Å²) in [4.78, 5) is 25.9. The molecule has 0 saturated carbocycles. The first-order valence-corrected chi connectivity index (χ1v) is 6.00. The van der Waals surface area contributed by atoms with Gasteiger partial charge in [0, 0.05) is 11.1 Å². The number of hydrogen-bond acceptors (Lipinski definition) is 5. The first-order chi connectivity index (χ1) is 9.09. The van der Waals surface area contributed by atoms with Crippen molar-refractivity contribution in [1.29, 1.82) is 0 Å². The van der Waals surface area contributed by atoms with E-state index in [4.69, 9.17) is 5.11 Å². The third-order valence-electron chi connectivity index (χ3n) is 2.30. The Balaban J connectivity index is 2.42. The lowest BCUT2D eigenvalue weighted by Crippen LogP contribution is -1.98. The molecule has 1 aromatic heterocycles. The molecular weight excluding hydrogens is 268 g/mol. The Morgan fingerprint density at radius 3 is 2.68 bits per heavy atom. The van der Waals surface area contributed by atoms with Crippen molar-refractivity contribution < 1.29 is 14.8 Å². The summed E-state index contributed by atoms with van der Waals surface area (Å²) in [7, 11) is 0. The van der Waals surface area contributed by atoms with Gasteiger partial charge in [-0.05, 0) is 18.2 Å². The van der Waals surface area contributed by atoms with Gasteiger partial charge in [0.15, 0.2) is 0 Å². The number of benzene rings is 1. The van der Waals surface area contributed by atoms with E-state index in [1.807, 2.05) is 0 Å². The highest BCUT2D eigenvalue weighted by Gasteiger charge is 2.17. The molecule has 0 saturated heterocycles. The van der Waals surface area contributed by atoms with Gasteiger partial charge >= 0.3 is 11.7 Å². The maximum Gasteiger partial charge on any atom is 0.336 e. The predicted octanol–water partition coefficient (Wildman–Crippen LogP) is 2.84. The number of nitrogens with zero attached hydrogens (tertiary/aromatic N) is 2. The van der Waals surface area contributed by atoms with Gasteiger partial charge in [0.1, 0.15) is 6.20 Å². The minimum atomic E-state index is -1.07. The Morgan fingerprint density at radius 1 is 1.26 bits per heavy atom. The maximum atomic E-state index is 11.1. The van der Waals surface area contributed by atoms with Crippen LogP contribution in [0.5, 0.6) is 0 Å². The molecule has 96 valence electrons. The van der Waals surface area contributed by atoms with E-state index >= 15 is 0 Å². The first-order valence-electron chi connectivity index (χ1n) is 5.18. The summed E-state index contributed by atoms with van der Waals surface area (Å²) in [5, 5.41) is 19.9. The second kappa shape index (κ2) is 5.49. The highest BCUT2D eigenvalue weighted by atomic mass is 32.2. The van der Waals surface area contributed by atoms with E-state index in [1.165, 1.54) is 18.3 Å². The SMILES string of the molecule is O=C(O)c1ccccc1Sc1ccncc1[N+](=O)[O-]. The van der Waals surface area contributed by atoms with Crippen LogP contribution in [0.1, 0.15) is 10.4 Å². The minimum absolute atomic E-state index is 0.110. The van der Waals surface area contributed by atoms with Gasteiger partial charge in [0.25, 0.3) is 0 Å². The van der Waals surface area contributed by atoms with Crippen LogP contribution in [0.2, 0.25) is 0 Å². The number of pyridine rings is 1. The molecule has 0 aliphatic carbocycles. The fraction of sp³-hybridized carbons (Fsp3) is 0. The number of hydrogen-bond donors (Lipinski definition) is 1. The van der Waals surface area contributed by atoms with Crippen LogP contribution in [-0.4, -0.2) is 21.0 Å². The summed E-state index contributed by atoms with van der Waals surface area (Å²) in [6, 6.07) is 7.84. The van der Waals surface area contributed by atoms with Gasteiger partial charge in [-0.2, -0.15) is 0 Å². The van der Waals surface area contributed by atoms with Gasteiger partial charge < -0.3 is 5.11 Å². The monoisotopic (exact) mass is 276 g/mol. The fourth-order valence-corrected chi connectivity index (χ4v) is 2.46. The highest BCUT2D eigenvalue weighted by Crippen LogP contribution is 2.35. The van der Waals surface area contributed by atoms with Crippen molar-refractivity contribution in [2.45, 2.75) is 9.79 Å². The maximum absolute atomic E-state index is 11.1. The summed E-state index contributed by atoms with van der Waals surface area (Å²) >= 11 is 1.03. The van der Waals surface area contributed by atoms with Crippen molar-refractivity contribution in [2.24, 2.45) is 0 Å². The quantitative estimate of drug-likeness (QED) is 0.681. The standard InChI is InChI=1S/C12H8N2O4S/c15-12(16)8-3-1-2-4-10(8)19-11-5-6-13-7-9(11)14(17)18/h1-7H,(H,15,16). The van der Waals surface area contributed by atoms with E-state index in [9.17, 15) is 14.9 Å². The molecule has 1 heterocycles. The van der Waals surface area contributed by atoms with Crippen LogP contribution < -0.4 is 0 Å². The van der Waals surface area contributed by atoms with Crippen molar-refractivity contribution in [1.82, 2.24) is 4.98 Å². The summed E-state index contributed by atoms with van der Waals surface area (Å²) in [6.45, 7) is 0. The van der Waals surface area contributed by atoms with E-state index in [0.29, 0.717) is 9.79 Å². The van der Waals surface area contributed by atoms with Gasteiger partial charge in [0.05, 0.1) is 15.4 Å². The number of aromatic carboxylic acids is 1. The van der Waals surface area contributed by atoms with E-state index in [2.05, 4.69) is 4.98 Å². The molecule has 2 rings (SSSR count). The molecule has 0 unspecified atom stereocenters. The number of carbonyl (C=O) groups is 1. The van der Waals surface area contributed by atoms with Crippen LogP contribution in [-0.2, 0) is 0 Å². The normalized spacial score (nSPS) is 10.1. The third-order valence-corrected chi connectivity index (χ3v) is 3.44. The van der Waals surface area contributed by atoms with Crippen molar-refractivity contribution in [3.05, 3.63) is 58.4 Å². The van der Waals surface area contributed by atoms with Crippen molar-refractivity contribution >= 4 is 23.4 Å². The number of nitro groups is 1. The second-order valence-electron chi connectivity index (χ2n) is 3.50. The van der Waals surface area contributed by atoms with Crippen LogP contribution in [0.3, 0.4) is 0 Å². The van der Waals surface area contributed by atoms with Crippen molar-refractivity contribution in [2.75, 3.05) is 0 Å². The van der Waals surface area contributed by atoms with Crippen LogP contribution in [0.25, 0.3) is 0 Å². The molecule has 1 aromatic carbocycles. The fourth-order valence-electron chi connectivity index (χ4n) is 1.45. The smallest absolute Gasteiger partial charge is 0.336 e. The van der Waals surface area contributed by atoms with E-state index in [1.54, 1.807) is 18.2 Å². The van der Waals surface area contributed by atoms with Gasteiger partial charge in [-0.15, -0.1) is 0 Å². The zero-order chi connectivity index (χ0) is 13.8. The molecule has 0 aliphatic rings. The Hall–Kier alpha value is -2.41.